The normalized spacial score (nSPS) is 9.95. The molecule has 0 aliphatic rings. The van der Waals surface area contributed by atoms with Gasteiger partial charge in [-0.1, -0.05) is 29.7 Å². The number of carbonyl (C=O) groups excluding carboxylic acids is 1. The molecule has 0 aliphatic heterocycles. The molecular formula is C15H13NO2S. The number of thioether (sulfide) groups is 1. The summed E-state index contributed by atoms with van der Waals surface area (Å²) >= 11 is 1.28. The first kappa shape index (κ1) is 13.4. The molecule has 1 aromatic heterocycles. The topological polar surface area (TPSA) is 49.9 Å². The highest BCUT2D eigenvalue weighted by Crippen LogP contribution is 2.12. The fraction of sp³-hybridized carbons (Fsp3) is 0.200. The first-order valence-electron chi connectivity index (χ1n) is 5.90. The zero-order valence-corrected chi connectivity index (χ0v) is 11.3. The second-order valence-electron chi connectivity index (χ2n) is 4.03. The molecule has 0 unspecified atom stereocenters. The second kappa shape index (κ2) is 6.26. The fourth-order valence-electron chi connectivity index (χ4n) is 1.65. The van der Waals surface area contributed by atoms with Gasteiger partial charge in [-0.25, -0.2) is 0 Å². The Morgan fingerprint density at radius 3 is 2.95 bits per heavy atom. The SMILES string of the molecule is CC(=O)SCCC#Cc1ccc2c[nH]c(=O)cc2c1. The van der Waals surface area contributed by atoms with Crippen LogP contribution in [0.15, 0.2) is 35.3 Å². The quantitative estimate of drug-likeness (QED) is 0.674. The molecule has 1 heterocycles. The van der Waals surface area contributed by atoms with Gasteiger partial charge in [0.05, 0.1) is 0 Å². The largest absolute Gasteiger partial charge is 0.328 e. The van der Waals surface area contributed by atoms with Crippen molar-refractivity contribution in [2.24, 2.45) is 0 Å². The lowest BCUT2D eigenvalue weighted by Gasteiger charge is -1.97. The number of carbonyl (C=O) groups is 1. The minimum Gasteiger partial charge on any atom is -0.328 e. The van der Waals surface area contributed by atoms with Crippen LogP contribution in [0.1, 0.15) is 18.9 Å². The molecule has 0 atom stereocenters. The van der Waals surface area contributed by atoms with Crippen molar-refractivity contribution in [1.29, 1.82) is 0 Å². The van der Waals surface area contributed by atoms with Crippen LogP contribution in [0.3, 0.4) is 0 Å². The van der Waals surface area contributed by atoms with E-state index in [2.05, 4.69) is 16.8 Å². The maximum absolute atomic E-state index is 11.2. The molecule has 1 N–H and O–H groups in total. The number of rotatable bonds is 2. The lowest BCUT2D eigenvalue weighted by Crippen LogP contribution is -2.01. The van der Waals surface area contributed by atoms with Crippen molar-refractivity contribution in [3.63, 3.8) is 0 Å². The molecule has 0 fully saturated rings. The standard InChI is InChI=1S/C15H13NO2S/c1-11(17)19-7-3-2-4-12-5-6-13-10-16-15(18)9-14(13)8-12/h5-6,8-10H,3,7H2,1H3,(H,16,18). The van der Waals surface area contributed by atoms with Crippen LogP contribution in [0.2, 0.25) is 0 Å². The van der Waals surface area contributed by atoms with E-state index in [1.165, 1.54) is 11.8 Å². The number of pyridine rings is 1. The van der Waals surface area contributed by atoms with Gasteiger partial charge in [0.2, 0.25) is 5.56 Å². The Kier molecular flexibility index (Phi) is 4.43. The Hall–Kier alpha value is -1.99. The maximum Gasteiger partial charge on any atom is 0.248 e. The lowest BCUT2D eigenvalue weighted by molar-refractivity contribution is -0.109. The molecule has 96 valence electrons. The van der Waals surface area contributed by atoms with Crippen molar-refractivity contribution >= 4 is 27.6 Å². The summed E-state index contributed by atoms with van der Waals surface area (Å²) in [6.07, 6.45) is 2.37. The molecule has 0 radical (unpaired) electrons. The average Bonchev–Trinajstić information content (AvgIpc) is 2.37. The fourth-order valence-corrected chi connectivity index (χ4v) is 2.14. The lowest BCUT2D eigenvalue weighted by atomic mass is 10.1. The van der Waals surface area contributed by atoms with Gasteiger partial charge < -0.3 is 4.98 Å². The third-order valence-corrected chi connectivity index (χ3v) is 3.32. The zero-order valence-electron chi connectivity index (χ0n) is 10.5. The molecule has 1 aromatic carbocycles. The Balaban J connectivity index is 2.11. The molecule has 2 rings (SSSR count). The van der Waals surface area contributed by atoms with Gasteiger partial charge in [-0.05, 0) is 22.9 Å². The Bertz CT molecular complexity index is 722. The third kappa shape index (κ3) is 4.01. The van der Waals surface area contributed by atoms with Crippen molar-refractivity contribution in [2.45, 2.75) is 13.3 Å². The first-order chi connectivity index (χ1) is 9.15. The summed E-state index contributed by atoms with van der Waals surface area (Å²) in [6.45, 7) is 1.55. The van der Waals surface area contributed by atoms with Crippen LogP contribution in [0, 0.1) is 11.8 Å². The van der Waals surface area contributed by atoms with Gasteiger partial charge in [0.15, 0.2) is 5.12 Å². The van der Waals surface area contributed by atoms with Crippen molar-refractivity contribution in [3.8, 4) is 11.8 Å². The highest BCUT2D eigenvalue weighted by Gasteiger charge is 1.95. The van der Waals surface area contributed by atoms with E-state index >= 15 is 0 Å². The van der Waals surface area contributed by atoms with Crippen LogP contribution in [-0.2, 0) is 4.79 Å². The maximum atomic E-state index is 11.2. The highest BCUT2D eigenvalue weighted by molar-refractivity contribution is 8.13. The van der Waals surface area contributed by atoms with Crippen LogP contribution in [0.5, 0.6) is 0 Å². The highest BCUT2D eigenvalue weighted by atomic mass is 32.2. The van der Waals surface area contributed by atoms with E-state index in [1.54, 1.807) is 19.2 Å². The van der Waals surface area contributed by atoms with Gasteiger partial charge in [0.1, 0.15) is 0 Å². The number of hydrogen-bond donors (Lipinski definition) is 1. The number of hydrogen-bond acceptors (Lipinski definition) is 3. The van der Waals surface area contributed by atoms with Gasteiger partial charge in [-0.3, -0.25) is 9.59 Å². The number of nitrogens with one attached hydrogen (secondary N) is 1. The molecule has 0 aliphatic carbocycles. The van der Waals surface area contributed by atoms with Crippen LogP contribution < -0.4 is 5.56 Å². The van der Waals surface area contributed by atoms with E-state index in [0.717, 1.165) is 22.1 Å². The van der Waals surface area contributed by atoms with Crippen molar-refractivity contribution < 1.29 is 4.79 Å². The molecular weight excluding hydrogens is 258 g/mol. The zero-order chi connectivity index (χ0) is 13.7. The minimum absolute atomic E-state index is 0.115. The molecule has 0 bridgehead atoms. The predicted molar refractivity (Wildman–Crippen MR) is 79.2 cm³/mol. The molecule has 19 heavy (non-hydrogen) atoms. The summed E-state index contributed by atoms with van der Waals surface area (Å²) in [5.41, 5.74) is 0.765. The van der Waals surface area contributed by atoms with E-state index in [9.17, 15) is 9.59 Å². The Morgan fingerprint density at radius 2 is 2.16 bits per heavy atom. The minimum atomic E-state index is -0.115. The first-order valence-corrected chi connectivity index (χ1v) is 6.88. The van der Waals surface area contributed by atoms with Gasteiger partial charge in [-0.15, -0.1) is 0 Å². The summed E-state index contributed by atoms with van der Waals surface area (Å²) in [5.74, 6) is 6.79. The van der Waals surface area contributed by atoms with Crippen molar-refractivity contribution in [1.82, 2.24) is 4.98 Å². The number of H-pyrrole nitrogens is 1. The predicted octanol–water partition coefficient (Wildman–Crippen LogP) is 2.55. The molecule has 3 nitrogen and oxygen atoms in total. The molecule has 0 spiro atoms. The van der Waals surface area contributed by atoms with E-state index in [-0.39, 0.29) is 10.7 Å². The van der Waals surface area contributed by atoms with Crippen molar-refractivity contribution in [3.05, 3.63) is 46.4 Å². The van der Waals surface area contributed by atoms with E-state index in [4.69, 9.17) is 0 Å². The van der Waals surface area contributed by atoms with Gasteiger partial charge >= 0.3 is 0 Å². The van der Waals surface area contributed by atoms with E-state index in [0.29, 0.717) is 6.42 Å². The summed E-state index contributed by atoms with van der Waals surface area (Å²) in [5, 5.41) is 1.98. The third-order valence-electron chi connectivity index (χ3n) is 2.51. The second-order valence-corrected chi connectivity index (χ2v) is 5.30. The van der Waals surface area contributed by atoms with Gasteiger partial charge in [0, 0.05) is 36.9 Å². The molecule has 2 aromatic rings. The Morgan fingerprint density at radius 1 is 1.32 bits per heavy atom. The van der Waals surface area contributed by atoms with E-state index in [1.807, 2.05) is 18.2 Å². The van der Waals surface area contributed by atoms with E-state index < -0.39 is 0 Å². The summed E-state index contributed by atoms with van der Waals surface area (Å²) < 4.78 is 0. The van der Waals surface area contributed by atoms with Gasteiger partial charge in [0.25, 0.3) is 0 Å². The summed E-state index contributed by atoms with van der Waals surface area (Å²) in [6, 6.07) is 7.31. The van der Waals surface area contributed by atoms with Crippen LogP contribution >= 0.6 is 11.8 Å². The number of benzene rings is 1. The average molecular weight is 271 g/mol. The summed E-state index contributed by atoms with van der Waals surface area (Å²) in [4.78, 5) is 24.6. The number of aromatic amines is 1. The van der Waals surface area contributed by atoms with Gasteiger partial charge in [-0.2, -0.15) is 0 Å². The number of fused-ring (bicyclic) bond motifs is 1. The number of aromatic nitrogens is 1. The van der Waals surface area contributed by atoms with Crippen molar-refractivity contribution in [2.75, 3.05) is 5.75 Å². The molecule has 0 amide bonds. The van der Waals surface area contributed by atoms with Crippen LogP contribution in [-0.4, -0.2) is 15.9 Å². The molecule has 0 saturated carbocycles. The smallest absolute Gasteiger partial charge is 0.248 e. The summed E-state index contributed by atoms with van der Waals surface area (Å²) in [7, 11) is 0. The Labute approximate surface area is 115 Å². The molecule has 4 heteroatoms. The van der Waals surface area contributed by atoms with Crippen LogP contribution in [0.4, 0.5) is 0 Å². The molecule has 0 saturated heterocycles. The monoisotopic (exact) mass is 271 g/mol. The van der Waals surface area contributed by atoms with Crippen LogP contribution in [0.25, 0.3) is 10.8 Å².